The normalized spacial score (nSPS) is 35.5. The third-order valence-electron chi connectivity index (χ3n) is 5.62. The molecule has 0 N–H and O–H groups in total. The molecule has 4 fully saturated rings. The second kappa shape index (κ2) is 6.58. The lowest BCUT2D eigenvalue weighted by Gasteiger charge is -2.55. The van der Waals surface area contributed by atoms with Crippen LogP contribution in [0, 0.1) is 23.2 Å². The van der Waals surface area contributed by atoms with Crippen molar-refractivity contribution in [1.82, 2.24) is 0 Å². The van der Waals surface area contributed by atoms with E-state index in [-0.39, 0.29) is 19.0 Å². The minimum absolute atomic E-state index is 0.204. The van der Waals surface area contributed by atoms with Crippen molar-refractivity contribution in [3.63, 3.8) is 0 Å². The van der Waals surface area contributed by atoms with Gasteiger partial charge in [0.1, 0.15) is 6.61 Å². The number of carbonyl (C=O) groups is 2. The van der Waals surface area contributed by atoms with E-state index in [0.717, 1.165) is 19.3 Å². The lowest BCUT2D eigenvalue weighted by molar-refractivity contribution is -0.242. The van der Waals surface area contributed by atoms with Crippen molar-refractivity contribution in [1.29, 1.82) is 0 Å². The fourth-order valence-corrected chi connectivity index (χ4v) is 5.14. The zero-order valence-electron chi connectivity index (χ0n) is 13.8. The minimum Gasteiger partial charge on any atom is -0.464 e. The summed E-state index contributed by atoms with van der Waals surface area (Å²) in [6, 6.07) is 0. The second-order valence-corrected chi connectivity index (χ2v) is 7.77. The van der Waals surface area contributed by atoms with E-state index >= 15 is 0 Å². The summed E-state index contributed by atoms with van der Waals surface area (Å²) in [5, 5.41) is 0. The number of rotatable bonds is 8. The molecule has 0 radical (unpaired) electrons. The highest BCUT2D eigenvalue weighted by Gasteiger charge is 2.55. The molecule has 24 heavy (non-hydrogen) atoms. The second-order valence-electron chi connectivity index (χ2n) is 7.77. The fraction of sp³-hybridized carbons (Fsp3) is 0.882. The third-order valence-corrected chi connectivity index (χ3v) is 5.62. The van der Waals surface area contributed by atoms with Crippen LogP contribution in [0.2, 0.25) is 0 Å². The topological polar surface area (TPSA) is 61.8 Å². The number of esters is 1. The smallest absolute Gasteiger partial charge is 0.353 e. The predicted molar refractivity (Wildman–Crippen MR) is 79.1 cm³/mol. The van der Waals surface area contributed by atoms with Gasteiger partial charge in [-0.05, 0) is 56.3 Å². The maximum atomic E-state index is 12.9. The number of carbonyl (C=O) groups excluding carboxylic acids is 2. The Hall–Kier alpha value is -1.24. The molecular weight excluding hydrogens is 322 g/mol. The molecule has 4 aliphatic rings. The zero-order valence-corrected chi connectivity index (χ0v) is 13.8. The standard InChI is InChI=1S/C17H24F2O5/c1-16(18,19)23-9-14(8-22-10-20)24-15(21)17-5-11-2-12(6-17)4-13(3-11)7-17/h10-14H,2-9H2,1H3. The van der Waals surface area contributed by atoms with Gasteiger partial charge in [-0.25, -0.2) is 0 Å². The molecule has 0 aromatic carbocycles. The van der Waals surface area contributed by atoms with Gasteiger partial charge < -0.3 is 14.2 Å². The summed E-state index contributed by atoms with van der Waals surface area (Å²) in [5.41, 5.74) is -0.483. The number of alkyl halides is 2. The van der Waals surface area contributed by atoms with Gasteiger partial charge in [0.25, 0.3) is 6.47 Å². The van der Waals surface area contributed by atoms with Crippen molar-refractivity contribution < 1.29 is 32.6 Å². The third kappa shape index (κ3) is 3.87. The molecule has 1 atom stereocenters. The number of ether oxygens (including phenoxy) is 3. The Morgan fingerprint density at radius 3 is 2.17 bits per heavy atom. The molecule has 0 amide bonds. The Bertz CT molecular complexity index is 453. The van der Waals surface area contributed by atoms with E-state index < -0.39 is 24.2 Å². The van der Waals surface area contributed by atoms with Crippen molar-refractivity contribution in [3.05, 3.63) is 0 Å². The zero-order chi connectivity index (χ0) is 17.4. The maximum absolute atomic E-state index is 12.9. The summed E-state index contributed by atoms with van der Waals surface area (Å²) >= 11 is 0. The molecule has 4 rings (SSSR count). The van der Waals surface area contributed by atoms with E-state index in [0.29, 0.717) is 24.7 Å². The van der Waals surface area contributed by atoms with Crippen molar-refractivity contribution in [3.8, 4) is 0 Å². The molecule has 1 unspecified atom stereocenters. The van der Waals surface area contributed by atoms with Crippen molar-refractivity contribution >= 4 is 12.4 Å². The maximum Gasteiger partial charge on any atom is 0.353 e. The van der Waals surface area contributed by atoms with Crippen molar-refractivity contribution in [2.24, 2.45) is 23.2 Å². The SMILES string of the molecule is CC(F)(F)OCC(COC=O)OC(=O)C12CC3CC(CC(C3)C1)C2. The molecule has 0 spiro atoms. The van der Waals surface area contributed by atoms with Gasteiger partial charge in [-0.2, -0.15) is 8.78 Å². The molecule has 5 nitrogen and oxygen atoms in total. The van der Waals surface area contributed by atoms with E-state index in [9.17, 15) is 18.4 Å². The van der Waals surface area contributed by atoms with Gasteiger partial charge in [-0.3, -0.25) is 9.59 Å². The van der Waals surface area contributed by atoms with Gasteiger partial charge in [0.15, 0.2) is 6.10 Å². The minimum atomic E-state index is -3.33. The van der Waals surface area contributed by atoms with Gasteiger partial charge in [0, 0.05) is 6.92 Å². The Kier molecular flexibility index (Phi) is 4.82. The van der Waals surface area contributed by atoms with Gasteiger partial charge >= 0.3 is 12.1 Å². The van der Waals surface area contributed by atoms with Crippen LogP contribution in [0.1, 0.15) is 45.4 Å². The van der Waals surface area contributed by atoms with E-state index in [4.69, 9.17) is 4.74 Å². The largest absolute Gasteiger partial charge is 0.464 e. The quantitative estimate of drug-likeness (QED) is 0.499. The summed E-state index contributed by atoms with van der Waals surface area (Å²) in [6.07, 6.45) is 1.70. The van der Waals surface area contributed by atoms with E-state index in [2.05, 4.69) is 9.47 Å². The fourth-order valence-electron chi connectivity index (χ4n) is 5.14. The van der Waals surface area contributed by atoms with Crippen LogP contribution < -0.4 is 0 Å². The van der Waals surface area contributed by atoms with Crippen molar-refractivity contribution in [2.75, 3.05) is 13.2 Å². The van der Waals surface area contributed by atoms with E-state index in [1.807, 2.05) is 0 Å². The highest BCUT2D eigenvalue weighted by atomic mass is 19.3. The molecule has 0 aliphatic heterocycles. The van der Waals surface area contributed by atoms with Gasteiger partial charge in [0.2, 0.25) is 0 Å². The van der Waals surface area contributed by atoms with Gasteiger partial charge in [0.05, 0.1) is 12.0 Å². The lowest BCUT2D eigenvalue weighted by atomic mass is 9.49. The average molecular weight is 346 g/mol. The van der Waals surface area contributed by atoms with Crippen LogP contribution in [0.3, 0.4) is 0 Å². The summed E-state index contributed by atoms with van der Waals surface area (Å²) < 4.78 is 40.2. The molecule has 0 heterocycles. The van der Waals surface area contributed by atoms with Crippen LogP contribution in [0.5, 0.6) is 0 Å². The molecule has 7 heteroatoms. The summed E-state index contributed by atoms with van der Waals surface area (Å²) in [5.74, 6) is 1.38. The first-order valence-electron chi connectivity index (χ1n) is 8.58. The Morgan fingerprint density at radius 2 is 1.71 bits per heavy atom. The van der Waals surface area contributed by atoms with E-state index in [1.165, 1.54) is 19.3 Å². The molecule has 0 aromatic rings. The van der Waals surface area contributed by atoms with Crippen LogP contribution in [0.25, 0.3) is 0 Å². The Labute approximate surface area is 140 Å². The molecule has 4 aliphatic carbocycles. The highest BCUT2D eigenvalue weighted by molar-refractivity contribution is 5.77. The first kappa shape index (κ1) is 17.6. The first-order chi connectivity index (χ1) is 11.3. The summed E-state index contributed by atoms with van der Waals surface area (Å²) in [7, 11) is 0. The number of halogens is 2. The number of hydrogen-bond donors (Lipinski definition) is 0. The molecule has 0 aromatic heterocycles. The first-order valence-corrected chi connectivity index (χ1v) is 8.58. The molecule has 136 valence electrons. The van der Waals surface area contributed by atoms with Crippen LogP contribution >= 0.6 is 0 Å². The van der Waals surface area contributed by atoms with Gasteiger partial charge in [-0.1, -0.05) is 0 Å². The number of hydrogen-bond acceptors (Lipinski definition) is 5. The van der Waals surface area contributed by atoms with Crippen LogP contribution in [0.15, 0.2) is 0 Å². The lowest BCUT2D eigenvalue weighted by Crippen LogP contribution is -2.51. The van der Waals surface area contributed by atoms with E-state index in [1.54, 1.807) is 0 Å². The monoisotopic (exact) mass is 346 g/mol. The Balaban J connectivity index is 1.63. The van der Waals surface area contributed by atoms with Gasteiger partial charge in [-0.15, -0.1) is 0 Å². The summed E-state index contributed by atoms with van der Waals surface area (Å²) in [6.45, 7) is 0.0360. The van der Waals surface area contributed by atoms with Crippen LogP contribution in [0.4, 0.5) is 8.78 Å². The van der Waals surface area contributed by atoms with Crippen LogP contribution in [-0.2, 0) is 23.8 Å². The summed E-state index contributed by atoms with van der Waals surface area (Å²) in [4.78, 5) is 23.2. The van der Waals surface area contributed by atoms with Crippen molar-refractivity contribution in [2.45, 2.75) is 57.7 Å². The van der Waals surface area contributed by atoms with Crippen LogP contribution in [-0.4, -0.2) is 37.9 Å². The predicted octanol–water partition coefficient (Wildman–Crippen LogP) is 2.92. The molecule has 4 bridgehead atoms. The molecular formula is C17H24F2O5. The molecule has 4 saturated carbocycles. The Morgan fingerprint density at radius 1 is 1.17 bits per heavy atom. The molecule has 0 saturated heterocycles. The highest BCUT2D eigenvalue weighted by Crippen LogP contribution is 2.60. The average Bonchev–Trinajstić information content (AvgIpc) is 2.47.